The Balaban J connectivity index is 1.37. The minimum absolute atomic E-state index is 0.0411. The molecule has 3 aliphatic rings. The van der Waals surface area contributed by atoms with Crippen molar-refractivity contribution in [2.24, 2.45) is 5.92 Å². The summed E-state index contributed by atoms with van der Waals surface area (Å²) in [5.74, 6) is -0.769. The van der Waals surface area contributed by atoms with Crippen LogP contribution in [-0.4, -0.2) is 104 Å². The highest BCUT2D eigenvalue weighted by Gasteiger charge is 2.40. The van der Waals surface area contributed by atoms with Gasteiger partial charge < -0.3 is 29.3 Å². The summed E-state index contributed by atoms with van der Waals surface area (Å²) >= 11 is 0. The molecule has 2 unspecified atom stereocenters. The van der Waals surface area contributed by atoms with Gasteiger partial charge in [-0.1, -0.05) is 43.3 Å². The number of likely N-dealkylation sites (tertiary alicyclic amines) is 1. The largest absolute Gasteiger partial charge is 0.394 e. The highest BCUT2D eigenvalue weighted by molar-refractivity contribution is 5.73. The fourth-order valence-electron chi connectivity index (χ4n) is 5.55. The molecule has 1 aromatic rings. The van der Waals surface area contributed by atoms with E-state index in [0.717, 1.165) is 58.5 Å². The zero-order chi connectivity index (χ0) is 25.4. The van der Waals surface area contributed by atoms with E-state index in [1.165, 1.54) is 16.7 Å². The maximum absolute atomic E-state index is 9.81. The van der Waals surface area contributed by atoms with Gasteiger partial charge in [-0.15, -0.1) is 0 Å². The SMILES string of the molecule is Cc1ccccc1C1=CC=CC(OCCCN2CC[C@@H](O)C2)(OCCCN2CCO[C@@H](CO)C2)C1C. The first-order valence-electron chi connectivity index (χ1n) is 13.6. The van der Waals surface area contributed by atoms with Crippen LogP contribution in [0.5, 0.6) is 0 Å². The zero-order valence-electron chi connectivity index (χ0n) is 22.0. The number of aliphatic hydroxyl groups is 2. The molecule has 1 aromatic carbocycles. The van der Waals surface area contributed by atoms with E-state index in [9.17, 15) is 10.2 Å². The number of benzene rings is 1. The lowest BCUT2D eigenvalue weighted by atomic mass is 9.82. The second kappa shape index (κ2) is 13.3. The summed E-state index contributed by atoms with van der Waals surface area (Å²) in [7, 11) is 0. The van der Waals surface area contributed by atoms with Crippen LogP contribution in [0, 0.1) is 12.8 Å². The molecule has 2 N–H and O–H groups in total. The van der Waals surface area contributed by atoms with Crippen LogP contribution in [0.1, 0.15) is 37.3 Å². The van der Waals surface area contributed by atoms with Crippen LogP contribution < -0.4 is 0 Å². The predicted molar refractivity (Wildman–Crippen MR) is 142 cm³/mol. The van der Waals surface area contributed by atoms with Gasteiger partial charge in [-0.05, 0) is 49.0 Å². The van der Waals surface area contributed by atoms with Crippen molar-refractivity contribution >= 4 is 5.57 Å². The van der Waals surface area contributed by atoms with Gasteiger partial charge in [0.25, 0.3) is 0 Å². The minimum atomic E-state index is -0.810. The van der Waals surface area contributed by atoms with Crippen molar-refractivity contribution in [1.29, 1.82) is 0 Å². The summed E-state index contributed by atoms with van der Waals surface area (Å²) in [6.07, 6.45) is 8.71. The lowest BCUT2D eigenvalue weighted by Gasteiger charge is -2.40. The summed E-state index contributed by atoms with van der Waals surface area (Å²) in [4.78, 5) is 4.65. The predicted octanol–water partition coefficient (Wildman–Crippen LogP) is 2.85. The maximum atomic E-state index is 9.81. The fourth-order valence-corrected chi connectivity index (χ4v) is 5.55. The second-order valence-corrected chi connectivity index (χ2v) is 10.4. The Morgan fingerprint density at radius 2 is 1.78 bits per heavy atom. The van der Waals surface area contributed by atoms with Gasteiger partial charge in [0, 0.05) is 45.2 Å². The second-order valence-electron chi connectivity index (χ2n) is 10.4. The standard InChI is InChI=1S/C29H44N2O5/c1-23-8-3-4-9-27(23)28-10-5-12-29(24(28)2,35-17-6-13-30-15-11-25(33)20-30)36-18-7-14-31-16-19-34-26(21-31)22-32/h3-5,8-10,12,24-26,32-33H,6-7,11,13-22H2,1-2H3/t24?,25-,26-,29?/m1/s1. The highest BCUT2D eigenvalue weighted by atomic mass is 16.7. The normalized spacial score (nSPS) is 29.6. The molecule has 0 bridgehead atoms. The van der Waals surface area contributed by atoms with Gasteiger partial charge >= 0.3 is 0 Å². The van der Waals surface area contributed by atoms with Crippen LogP contribution >= 0.6 is 0 Å². The van der Waals surface area contributed by atoms with Crippen LogP contribution in [0.25, 0.3) is 5.57 Å². The quantitative estimate of drug-likeness (QED) is 0.338. The minimum Gasteiger partial charge on any atom is -0.394 e. The van der Waals surface area contributed by atoms with E-state index in [4.69, 9.17) is 14.2 Å². The average molecular weight is 501 g/mol. The first-order valence-corrected chi connectivity index (χ1v) is 13.6. The molecule has 7 nitrogen and oxygen atoms in total. The number of hydrogen-bond acceptors (Lipinski definition) is 7. The van der Waals surface area contributed by atoms with Crippen LogP contribution in [0.15, 0.2) is 42.5 Å². The molecule has 2 aliphatic heterocycles. The Kier molecular flexibility index (Phi) is 10.1. The van der Waals surface area contributed by atoms with E-state index in [2.05, 4.69) is 66.1 Å². The first-order chi connectivity index (χ1) is 17.5. The van der Waals surface area contributed by atoms with Gasteiger partial charge in [-0.25, -0.2) is 0 Å². The van der Waals surface area contributed by atoms with Gasteiger partial charge in [-0.3, -0.25) is 4.90 Å². The molecule has 200 valence electrons. The topological polar surface area (TPSA) is 74.6 Å². The van der Waals surface area contributed by atoms with Gasteiger partial charge in [0.2, 0.25) is 0 Å². The number of hydrogen-bond donors (Lipinski definition) is 2. The molecular formula is C29H44N2O5. The van der Waals surface area contributed by atoms with Gasteiger partial charge in [0.1, 0.15) is 0 Å². The Hall–Kier alpha value is -1.58. The van der Waals surface area contributed by atoms with E-state index in [1.54, 1.807) is 0 Å². The Labute approximate surface area is 216 Å². The van der Waals surface area contributed by atoms with Crippen LogP contribution in [0.3, 0.4) is 0 Å². The summed E-state index contributed by atoms with van der Waals surface area (Å²) in [6.45, 7) is 11.5. The number of rotatable bonds is 12. The van der Waals surface area contributed by atoms with Crippen molar-refractivity contribution in [3.63, 3.8) is 0 Å². The monoisotopic (exact) mass is 500 g/mol. The molecule has 4 rings (SSSR count). The number of allylic oxidation sites excluding steroid dienone is 2. The molecule has 2 heterocycles. The molecule has 0 aromatic heterocycles. The van der Waals surface area contributed by atoms with Crippen molar-refractivity contribution in [2.75, 3.05) is 65.7 Å². The van der Waals surface area contributed by atoms with E-state index in [1.807, 2.05) is 0 Å². The third-order valence-corrected chi connectivity index (χ3v) is 7.70. The lowest BCUT2D eigenvalue weighted by molar-refractivity contribution is -0.223. The fraction of sp³-hybridized carbons (Fsp3) is 0.655. The molecular weight excluding hydrogens is 456 g/mol. The van der Waals surface area contributed by atoms with E-state index in [0.29, 0.717) is 19.8 Å². The molecule has 0 saturated carbocycles. The van der Waals surface area contributed by atoms with E-state index >= 15 is 0 Å². The van der Waals surface area contributed by atoms with Crippen molar-refractivity contribution in [2.45, 2.75) is 51.1 Å². The average Bonchev–Trinajstić information content (AvgIpc) is 3.31. The summed E-state index contributed by atoms with van der Waals surface area (Å²) < 4.78 is 18.8. The summed E-state index contributed by atoms with van der Waals surface area (Å²) in [5, 5.41) is 19.2. The Bertz CT molecular complexity index is 890. The van der Waals surface area contributed by atoms with Gasteiger partial charge in [-0.2, -0.15) is 0 Å². The summed E-state index contributed by atoms with van der Waals surface area (Å²) in [6, 6.07) is 8.49. The number of nitrogens with zero attached hydrogens (tertiary/aromatic N) is 2. The Morgan fingerprint density at radius 1 is 1.06 bits per heavy atom. The first kappa shape index (κ1) is 27.5. The molecule has 2 fully saturated rings. The van der Waals surface area contributed by atoms with Crippen molar-refractivity contribution in [3.8, 4) is 0 Å². The zero-order valence-corrected chi connectivity index (χ0v) is 22.0. The number of morpholine rings is 1. The molecule has 36 heavy (non-hydrogen) atoms. The number of aryl methyl sites for hydroxylation is 1. The van der Waals surface area contributed by atoms with Gasteiger partial charge in [0.15, 0.2) is 5.79 Å². The van der Waals surface area contributed by atoms with Crippen LogP contribution in [0.4, 0.5) is 0 Å². The van der Waals surface area contributed by atoms with E-state index in [-0.39, 0.29) is 24.7 Å². The van der Waals surface area contributed by atoms with E-state index < -0.39 is 5.79 Å². The smallest absolute Gasteiger partial charge is 0.194 e. The molecule has 0 spiro atoms. The van der Waals surface area contributed by atoms with Crippen molar-refractivity contribution in [1.82, 2.24) is 9.80 Å². The molecule has 0 amide bonds. The third-order valence-electron chi connectivity index (χ3n) is 7.70. The van der Waals surface area contributed by atoms with Crippen molar-refractivity contribution in [3.05, 3.63) is 53.6 Å². The molecule has 4 atom stereocenters. The number of aliphatic hydroxyl groups excluding tert-OH is 2. The van der Waals surface area contributed by atoms with Gasteiger partial charge in [0.05, 0.1) is 38.6 Å². The molecule has 7 heteroatoms. The Morgan fingerprint density at radius 3 is 2.44 bits per heavy atom. The number of ether oxygens (including phenoxy) is 3. The highest BCUT2D eigenvalue weighted by Crippen LogP contribution is 2.40. The van der Waals surface area contributed by atoms with Crippen molar-refractivity contribution < 1.29 is 24.4 Å². The summed E-state index contributed by atoms with van der Waals surface area (Å²) in [5.41, 5.74) is 3.72. The third kappa shape index (κ3) is 7.04. The van der Waals surface area contributed by atoms with Crippen LogP contribution in [-0.2, 0) is 14.2 Å². The number of β-amino-alcohol motifs (C(OH)–C–C–N with tert-alkyl or cyclic N) is 1. The maximum Gasteiger partial charge on any atom is 0.194 e. The molecule has 1 aliphatic carbocycles. The molecule has 2 saturated heterocycles. The lowest BCUT2D eigenvalue weighted by Crippen LogP contribution is -2.45. The van der Waals surface area contributed by atoms with Crippen LogP contribution in [0.2, 0.25) is 0 Å². The molecule has 0 radical (unpaired) electrons.